The van der Waals surface area contributed by atoms with Gasteiger partial charge in [0.25, 0.3) is 0 Å². The lowest BCUT2D eigenvalue weighted by Gasteiger charge is -2.04. The normalized spacial score (nSPS) is 11.4. The Hall–Kier alpha value is 1.17. The van der Waals surface area contributed by atoms with Crippen LogP contribution in [0, 0.1) is 0 Å². The van der Waals surface area contributed by atoms with Gasteiger partial charge in [-0.25, -0.2) is 4.57 Å². The molecule has 0 aliphatic carbocycles. The lowest BCUT2D eigenvalue weighted by atomic mass is 10.1. The van der Waals surface area contributed by atoms with E-state index in [0.29, 0.717) is 6.61 Å². The molecule has 6 nitrogen and oxygen atoms in total. The molecule has 31 heavy (non-hydrogen) atoms. The van der Waals surface area contributed by atoms with Crippen LogP contribution in [0.4, 0.5) is 0 Å². The molecule has 0 unspecified atom stereocenters. The van der Waals surface area contributed by atoms with Gasteiger partial charge in [-0.05, 0) is 46.6 Å². The fourth-order valence-electron chi connectivity index (χ4n) is 2.67. The maximum atomic E-state index is 10.3. The molecular formula is C20H45Cl3O6P2. The first-order valence-corrected chi connectivity index (χ1v) is 17.4. The Bertz CT molecular complexity index is 417. The highest BCUT2D eigenvalue weighted by Crippen LogP contribution is 2.61. The Kier molecular flexibility index (Phi) is 32.5. The molecule has 3 N–H and O–H groups in total. The van der Waals surface area contributed by atoms with Gasteiger partial charge >= 0.3 is 13.0 Å². The van der Waals surface area contributed by atoms with Gasteiger partial charge < -0.3 is 14.9 Å². The van der Waals surface area contributed by atoms with Gasteiger partial charge in [0, 0.05) is 6.61 Å². The number of phosphoric acid groups is 1. The van der Waals surface area contributed by atoms with Crippen molar-refractivity contribution in [3.8, 4) is 0 Å². The second-order valence-electron chi connectivity index (χ2n) is 7.40. The van der Waals surface area contributed by atoms with Crippen molar-refractivity contribution in [2.45, 2.75) is 117 Å². The molecule has 0 aliphatic rings. The van der Waals surface area contributed by atoms with Gasteiger partial charge in [-0.15, -0.1) is 0 Å². The summed E-state index contributed by atoms with van der Waals surface area (Å²) < 4.78 is 24.2. The number of phosphoric ester groups is 1. The van der Waals surface area contributed by atoms with Crippen molar-refractivity contribution in [1.82, 2.24) is 0 Å². The molecule has 0 rings (SSSR count). The van der Waals surface area contributed by atoms with Crippen molar-refractivity contribution in [1.29, 1.82) is 0 Å². The molecule has 0 bridgehead atoms. The van der Waals surface area contributed by atoms with E-state index >= 15 is 0 Å². The first-order chi connectivity index (χ1) is 14.5. The molecule has 0 heterocycles. The van der Waals surface area contributed by atoms with E-state index in [2.05, 4.69) is 52.1 Å². The van der Waals surface area contributed by atoms with Crippen molar-refractivity contribution in [3.63, 3.8) is 0 Å². The van der Waals surface area contributed by atoms with Gasteiger partial charge in [0.1, 0.15) is 0 Å². The first kappa shape index (κ1) is 36.7. The van der Waals surface area contributed by atoms with Crippen LogP contribution >= 0.6 is 46.7 Å². The zero-order chi connectivity index (χ0) is 24.4. The van der Waals surface area contributed by atoms with Crippen molar-refractivity contribution in [2.75, 3.05) is 13.2 Å². The predicted octanol–water partition coefficient (Wildman–Crippen LogP) is 9.17. The molecule has 0 saturated carbocycles. The zero-order valence-electron chi connectivity index (χ0n) is 19.3. The van der Waals surface area contributed by atoms with Crippen LogP contribution in [0.5, 0.6) is 0 Å². The van der Waals surface area contributed by atoms with E-state index in [9.17, 15) is 9.13 Å². The van der Waals surface area contributed by atoms with Crippen molar-refractivity contribution >= 4 is 46.7 Å². The second kappa shape index (κ2) is 27.4. The van der Waals surface area contributed by atoms with Crippen LogP contribution in [0.15, 0.2) is 0 Å². The van der Waals surface area contributed by atoms with Gasteiger partial charge in [-0.2, -0.15) is 0 Å². The van der Waals surface area contributed by atoms with Crippen LogP contribution in [0.2, 0.25) is 0 Å². The van der Waals surface area contributed by atoms with E-state index in [1.54, 1.807) is 0 Å². The van der Waals surface area contributed by atoms with Crippen LogP contribution in [0.1, 0.15) is 117 Å². The lowest BCUT2D eigenvalue weighted by Crippen LogP contribution is -1.92. The average Bonchev–Trinajstić information content (AvgIpc) is 2.64. The number of aliphatic hydroxyl groups is 1. The third-order valence-corrected chi connectivity index (χ3v) is 4.79. The fraction of sp³-hybridized carbons (Fsp3) is 1.00. The fourth-order valence-corrected chi connectivity index (χ4v) is 3.03. The minimum atomic E-state index is -4.24. The second-order valence-corrected chi connectivity index (χ2v) is 15.3. The number of rotatable bonds is 18. The van der Waals surface area contributed by atoms with Crippen LogP contribution in [0.3, 0.4) is 0 Å². The minimum absolute atomic E-state index is 0.166. The lowest BCUT2D eigenvalue weighted by molar-refractivity contribution is 0.193. The first-order valence-electron chi connectivity index (χ1n) is 11.5. The summed E-state index contributed by atoms with van der Waals surface area (Å²) in [7, 11) is -4.24. The highest BCUT2D eigenvalue weighted by molar-refractivity contribution is 8.24. The van der Waals surface area contributed by atoms with Crippen molar-refractivity contribution in [2.24, 2.45) is 0 Å². The highest BCUT2D eigenvalue weighted by atomic mass is 36.0. The average molecular weight is 550 g/mol. The van der Waals surface area contributed by atoms with Gasteiger partial charge in [0.05, 0.1) is 6.61 Å². The monoisotopic (exact) mass is 548 g/mol. The number of unbranched alkanes of at least 4 members (excludes halogenated alkanes) is 14. The molecule has 0 amide bonds. The Morgan fingerprint density at radius 1 is 0.613 bits per heavy atom. The molecule has 0 radical (unpaired) electrons. The van der Waals surface area contributed by atoms with Gasteiger partial charge in [-0.3, -0.25) is 9.09 Å². The SMILES string of the molecule is CCCCCCCCCCO.CCCCCCCCCCOP(=O)(O)O.O=P(Cl)(Cl)Cl. The highest BCUT2D eigenvalue weighted by Gasteiger charge is 2.12. The smallest absolute Gasteiger partial charge is 0.396 e. The molecule has 0 saturated heterocycles. The summed E-state index contributed by atoms with van der Waals surface area (Å²) in [6.07, 6.45) is 19.6. The molecular weight excluding hydrogens is 505 g/mol. The van der Waals surface area contributed by atoms with E-state index in [1.807, 2.05) is 0 Å². The zero-order valence-corrected chi connectivity index (χ0v) is 23.4. The molecule has 0 aliphatic heterocycles. The van der Waals surface area contributed by atoms with Gasteiger partial charge in [0.2, 0.25) is 0 Å². The van der Waals surface area contributed by atoms with Crippen LogP contribution in [-0.4, -0.2) is 28.1 Å². The molecule has 0 aromatic rings. The predicted molar refractivity (Wildman–Crippen MR) is 135 cm³/mol. The molecule has 0 aromatic heterocycles. The van der Waals surface area contributed by atoms with E-state index in [0.717, 1.165) is 25.7 Å². The molecule has 0 aromatic carbocycles. The number of aliphatic hydroxyl groups excluding tert-OH is 1. The summed E-state index contributed by atoms with van der Waals surface area (Å²) in [5.41, 5.74) is 0. The number of hydrogen-bond acceptors (Lipinski definition) is 4. The Morgan fingerprint density at radius 3 is 1.19 bits per heavy atom. The Balaban J connectivity index is -0.000000428. The van der Waals surface area contributed by atoms with E-state index in [-0.39, 0.29) is 6.61 Å². The quantitative estimate of drug-likeness (QED) is 0.116. The standard InChI is InChI=1S/C10H23O4P.C10H22O.Cl3OP/c1-2-3-4-5-6-7-8-9-10-14-15(11,12)13;1-2-3-4-5-6-7-8-9-10-11;1-5(2,3)4/h2-10H2,1H3,(H2,11,12,13);11H,2-10H2,1H3;. The summed E-state index contributed by atoms with van der Waals surface area (Å²) in [5.74, 6) is 0. The van der Waals surface area contributed by atoms with Crippen LogP contribution in [-0.2, 0) is 13.7 Å². The Morgan fingerprint density at radius 2 is 0.903 bits per heavy atom. The molecule has 0 atom stereocenters. The molecule has 192 valence electrons. The summed E-state index contributed by atoms with van der Waals surface area (Å²) in [6, 6.07) is 0. The van der Waals surface area contributed by atoms with E-state index < -0.39 is 13.0 Å². The maximum Gasteiger partial charge on any atom is 0.469 e. The number of hydrogen-bond donors (Lipinski definition) is 3. The third kappa shape index (κ3) is 59.2. The van der Waals surface area contributed by atoms with Crippen molar-refractivity contribution in [3.05, 3.63) is 0 Å². The van der Waals surface area contributed by atoms with Gasteiger partial charge in [-0.1, -0.05) is 104 Å². The number of halogens is 3. The third-order valence-electron chi connectivity index (χ3n) is 4.27. The topological polar surface area (TPSA) is 104 Å². The summed E-state index contributed by atoms with van der Waals surface area (Å²) >= 11 is 13.8. The van der Waals surface area contributed by atoms with Crippen molar-refractivity contribution < 1.29 is 28.5 Å². The van der Waals surface area contributed by atoms with E-state index in [4.69, 9.17) is 14.9 Å². The largest absolute Gasteiger partial charge is 0.469 e. The molecule has 0 fully saturated rings. The van der Waals surface area contributed by atoms with Gasteiger partial charge in [0.15, 0.2) is 0 Å². The summed E-state index contributed by atoms with van der Waals surface area (Å²) in [6.45, 7) is 4.97. The summed E-state index contributed by atoms with van der Waals surface area (Å²) in [5, 5.41) is 5.28. The maximum absolute atomic E-state index is 10.3. The van der Waals surface area contributed by atoms with Crippen LogP contribution < -0.4 is 0 Å². The summed E-state index contributed by atoms with van der Waals surface area (Å²) in [4.78, 5) is 16.8. The Labute approximate surface area is 204 Å². The molecule has 11 heteroatoms. The van der Waals surface area contributed by atoms with E-state index in [1.165, 1.54) is 77.0 Å². The van der Waals surface area contributed by atoms with Crippen LogP contribution in [0.25, 0.3) is 0 Å². The minimum Gasteiger partial charge on any atom is -0.396 e. The molecule has 0 spiro atoms.